The number of allylic oxidation sites excluding steroid dienone is 3. The Morgan fingerprint density at radius 2 is 1.29 bits per heavy atom. The molecule has 6 heteroatoms. The molecule has 2 aromatic carbocycles. The molecule has 3 rings (SSSR count). The molecule has 2 nitrogen and oxygen atoms in total. The standard InChI is InChI=1S/C10H22Si2.C9H7.C7H7NO.2CH3.H4Si.Ti/c1-9(11(3,4)5)10(2)12(6,7)8;1-2-5-9-7-3-6-8(9)4-1;8-7(9)6-4-2-1-3-5-6;;;;/h1-2H2,3-8H3;1-7H;1-5H,(H2,8,9);2*1H3;1H4;/q;;;;;;+1/p-1. The Morgan fingerprint density at radius 1 is 0.824 bits per heavy atom. The first kappa shape index (κ1) is 30.5. The number of carbonyl (C=O) groups is 1. The fourth-order valence-corrected chi connectivity index (χ4v) is 11.8. The van der Waals surface area contributed by atoms with Gasteiger partial charge in [0.15, 0.2) is 0 Å². The number of fused-ring (bicyclic) bond motifs is 1. The van der Waals surface area contributed by atoms with Gasteiger partial charge in [0.05, 0.1) is 16.1 Å². The Bertz CT molecular complexity index is 1020. The first-order chi connectivity index (χ1) is 15.1. The van der Waals surface area contributed by atoms with Gasteiger partial charge in [-0.3, -0.25) is 0 Å². The van der Waals surface area contributed by atoms with Gasteiger partial charge in [-0.15, -0.1) is 0 Å². The minimum absolute atomic E-state index is 0. The zero-order valence-electron chi connectivity index (χ0n) is 21.8. The van der Waals surface area contributed by atoms with Crippen molar-refractivity contribution in [1.29, 1.82) is 0 Å². The normalized spacial score (nSPS) is 14.8. The average Bonchev–Trinajstić information content (AvgIpc) is 3.17. The summed E-state index contributed by atoms with van der Waals surface area (Å²) >= 11 is -2.52. The van der Waals surface area contributed by atoms with Gasteiger partial charge in [-0.05, 0) is 11.0 Å². The molecule has 0 fully saturated rings. The zero-order valence-corrected chi connectivity index (χ0v) is 25.3. The number of carbonyl (C=O) groups excluding carboxylic acids is 1. The third kappa shape index (κ3) is 8.03. The molecule has 0 saturated carbocycles. The Kier molecular flexibility index (Phi) is 10.7. The SMILES string of the molecule is C=C(C(=C)[Si](C)(C)C)[Si](C)(C)C.[CH3][Ti]([CH3])([NH]C(=O)c1ccccc1)[CH]1C=Cc2ccccc21.[SiH4]. The van der Waals surface area contributed by atoms with Gasteiger partial charge in [0.25, 0.3) is 0 Å². The van der Waals surface area contributed by atoms with Gasteiger partial charge in [-0.1, -0.05) is 62.8 Å². The van der Waals surface area contributed by atoms with Crippen LogP contribution in [-0.4, -0.2) is 33.0 Å². The fourth-order valence-electron chi connectivity index (χ4n) is 3.82. The van der Waals surface area contributed by atoms with E-state index >= 15 is 0 Å². The second-order valence-corrected chi connectivity index (χ2v) is 28.4. The molecule has 1 amide bonds. The maximum Gasteiger partial charge on any atom is -0.0149 e. The second-order valence-electron chi connectivity index (χ2n) is 11.5. The van der Waals surface area contributed by atoms with Crippen molar-refractivity contribution in [2.75, 3.05) is 0 Å². The molecule has 0 bridgehead atoms. The summed E-state index contributed by atoms with van der Waals surface area (Å²) in [6.45, 7) is 22.4. The van der Waals surface area contributed by atoms with Crippen LogP contribution >= 0.6 is 0 Å². The van der Waals surface area contributed by atoms with Crippen LogP contribution in [0.3, 0.4) is 0 Å². The number of benzene rings is 2. The summed E-state index contributed by atoms with van der Waals surface area (Å²) in [7, 11) is -2.39. The minimum atomic E-state index is -2.52. The summed E-state index contributed by atoms with van der Waals surface area (Å²) < 4.78 is 3.74. The van der Waals surface area contributed by atoms with Crippen LogP contribution in [0.2, 0.25) is 49.7 Å². The molecular weight excluding hydrogens is 498 g/mol. The molecule has 1 N–H and O–H groups in total. The molecule has 0 aromatic heterocycles. The molecule has 0 heterocycles. The van der Waals surface area contributed by atoms with Crippen LogP contribution in [0.25, 0.3) is 6.08 Å². The van der Waals surface area contributed by atoms with Crippen LogP contribution in [0.15, 0.2) is 84.2 Å². The molecule has 0 saturated heterocycles. The third-order valence-electron chi connectivity index (χ3n) is 6.22. The Hall–Kier alpha value is -1.51. The predicted octanol–water partition coefficient (Wildman–Crippen LogP) is 6.75. The van der Waals surface area contributed by atoms with E-state index in [4.69, 9.17) is 0 Å². The maximum atomic E-state index is 12.4. The van der Waals surface area contributed by atoms with Crippen LogP contribution < -0.4 is 3.80 Å². The van der Waals surface area contributed by atoms with Crippen molar-refractivity contribution in [2.24, 2.45) is 0 Å². The second kappa shape index (κ2) is 12.0. The molecule has 184 valence electrons. The summed E-state index contributed by atoms with van der Waals surface area (Å²) in [5.74, 6) is 0.0541. The van der Waals surface area contributed by atoms with Crippen LogP contribution in [0.4, 0.5) is 0 Å². The molecule has 2 aromatic rings. The molecule has 1 unspecified atom stereocenters. The zero-order chi connectivity index (χ0) is 25.0. The number of hydrogen-bond donors (Lipinski definition) is 1. The van der Waals surface area contributed by atoms with Crippen molar-refractivity contribution in [3.8, 4) is 0 Å². The monoisotopic (exact) mass is 543 g/mol. The van der Waals surface area contributed by atoms with Crippen molar-refractivity contribution in [1.82, 2.24) is 3.80 Å². The van der Waals surface area contributed by atoms with E-state index in [1.807, 2.05) is 30.3 Å². The summed E-state index contributed by atoms with van der Waals surface area (Å²) in [4.78, 5) is 12.4. The molecule has 0 aliphatic heterocycles. The third-order valence-corrected chi connectivity index (χ3v) is 15.3. The summed E-state index contributed by atoms with van der Waals surface area (Å²) in [6.07, 6.45) is 4.44. The largest absolute Gasteiger partial charge is 0.0149 e. The number of hydrogen-bond acceptors (Lipinski definition) is 1. The topological polar surface area (TPSA) is 29.1 Å². The Balaban J connectivity index is 0.000000386. The van der Waals surface area contributed by atoms with E-state index in [2.05, 4.69) is 103 Å². The van der Waals surface area contributed by atoms with Crippen molar-refractivity contribution in [3.05, 3.63) is 101 Å². The molecule has 1 aliphatic rings. The number of amides is 1. The van der Waals surface area contributed by atoms with Gasteiger partial charge in [0.2, 0.25) is 0 Å². The van der Waals surface area contributed by atoms with Crippen molar-refractivity contribution in [2.45, 2.75) is 54.0 Å². The van der Waals surface area contributed by atoms with Gasteiger partial charge >= 0.3 is 129 Å². The fraction of sp³-hybridized carbons (Fsp3) is 0.321. The van der Waals surface area contributed by atoms with E-state index in [1.165, 1.54) is 21.5 Å². The molecule has 1 aliphatic carbocycles. The minimum Gasteiger partial charge on any atom is -0.0149 e. The van der Waals surface area contributed by atoms with Crippen LogP contribution in [0, 0.1) is 0 Å². The molecule has 1 atom stereocenters. The molecule has 0 radical (unpaired) electrons. The van der Waals surface area contributed by atoms with Crippen LogP contribution in [0.1, 0.15) is 25.7 Å². The van der Waals surface area contributed by atoms with Gasteiger partial charge in [0.1, 0.15) is 0 Å². The van der Waals surface area contributed by atoms with E-state index < -0.39 is 33.0 Å². The van der Waals surface area contributed by atoms with Gasteiger partial charge in [0, 0.05) is 0 Å². The Morgan fingerprint density at radius 3 is 1.79 bits per heavy atom. The molecular formula is C28H45NOSi3Ti. The van der Waals surface area contributed by atoms with E-state index in [0.717, 1.165) is 5.56 Å². The van der Waals surface area contributed by atoms with Gasteiger partial charge < -0.3 is 0 Å². The van der Waals surface area contributed by atoms with Crippen LogP contribution in [0.5, 0.6) is 0 Å². The van der Waals surface area contributed by atoms with Crippen LogP contribution in [-0.2, 0) is 16.8 Å². The van der Waals surface area contributed by atoms with Crippen molar-refractivity contribution < 1.29 is 21.6 Å². The predicted molar refractivity (Wildman–Crippen MR) is 160 cm³/mol. The van der Waals surface area contributed by atoms with E-state index in [0.29, 0.717) is 4.22 Å². The van der Waals surface area contributed by atoms with E-state index in [-0.39, 0.29) is 16.9 Å². The summed E-state index contributed by atoms with van der Waals surface area (Å²) in [5.41, 5.74) is 3.39. The van der Waals surface area contributed by atoms with Gasteiger partial charge in [-0.25, -0.2) is 0 Å². The van der Waals surface area contributed by atoms with Gasteiger partial charge in [-0.2, -0.15) is 0 Å². The van der Waals surface area contributed by atoms with E-state index in [1.54, 1.807) is 0 Å². The molecule has 0 spiro atoms. The first-order valence-electron chi connectivity index (χ1n) is 11.7. The Labute approximate surface area is 218 Å². The first-order valence-corrected chi connectivity index (χ1v) is 23.5. The van der Waals surface area contributed by atoms with Crippen molar-refractivity contribution in [3.63, 3.8) is 0 Å². The molecule has 34 heavy (non-hydrogen) atoms. The van der Waals surface area contributed by atoms with Crippen molar-refractivity contribution >= 4 is 39.1 Å². The average molecular weight is 544 g/mol. The smallest absolute Gasteiger partial charge is 0.0149 e. The van der Waals surface area contributed by atoms with E-state index in [9.17, 15) is 4.79 Å². The summed E-state index contributed by atoms with van der Waals surface area (Å²) in [5, 5.41) is 7.25. The number of rotatable bonds is 6. The maximum absolute atomic E-state index is 12.4. The summed E-state index contributed by atoms with van der Waals surface area (Å²) in [6, 6.07) is 17.9. The quantitative estimate of drug-likeness (QED) is 0.317. The number of nitrogens with one attached hydrogen (secondary N) is 1.